The summed E-state index contributed by atoms with van der Waals surface area (Å²) < 4.78 is 5.02. The van der Waals surface area contributed by atoms with Crippen LogP contribution in [0.15, 0.2) is 24.3 Å². The number of anilines is 1. The highest BCUT2D eigenvalue weighted by Gasteiger charge is 2.20. The molecule has 1 N–H and O–H groups in total. The summed E-state index contributed by atoms with van der Waals surface area (Å²) in [5, 5.41) is 19.8. The number of methoxy groups -OCH3 is 1. The Balaban J connectivity index is 2.87. The molecule has 1 aromatic carbocycles. The molecule has 1 rings (SSSR count). The van der Waals surface area contributed by atoms with Crippen molar-refractivity contribution < 1.29 is 9.94 Å². The van der Waals surface area contributed by atoms with E-state index in [1.807, 2.05) is 13.8 Å². The number of rotatable bonds is 4. The highest BCUT2D eigenvalue weighted by Crippen LogP contribution is 2.21. The van der Waals surface area contributed by atoms with Gasteiger partial charge in [-0.05, 0) is 30.2 Å². The zero-order valence-corrected chi connectivity index (χ0v) is 9.71. The van der Waals surface area contributed by atoms with Gasteiger partial charge in [0.2, 0.25) is 0 Å². The molecular formula is C12H16N2O2. The van der Waals surface area contributed by atoms with Crippen LogP contribution in [0.3, 0.4) is 0 Å². The summed E-state index contributed by atoms with van der Waals surface area (Å²) in [6, 6.07) is 8.44. The van der Waals surface area contributed by atoms with Crippen LogP contribution < -0.4 is 9.80 Å². The van der Waals surface area contributed by atoms with Crippen molar-refractivity contribution in [3.05, 3.63) is 24.3 Å². The molecule has 86 valence electrons. The van der Waals surface area contributed by atoms with Crippen LogP contribution in [0, 0.1) is 17.2 Å². The maximum Gasteiger partial charge on any atom is 0.145 e. The van der Waals surface area contributed by atoms with Crippen molar-refractivity contribution in [1.29, 1.82) is 5.26 Å². The van der Waals surface area contributed by atoms with E-state index in [0.717, 1.165) is 10.8 Å². The van der Waals surface area contributed by atoms with Gasteiger partial charge in [-0.1, -0.05) is 13.8 Å². The molecule has 4 heteroatoms. The molecular weight excluding hydrogens is 204 g/mol. The maximum atomic E-state index is 9.88. The molecule has 0 radical (unpaired) electrons. The van der Waals surface area contributed by atoms with E-state index in [1.54, 1.807) is 31.4 Å². The number of benzene rings is 1. The number of hydroxylamine groups is 1. The van der Waals surface area contributed by atoms with E-state index in [2.05, 4.69) is 6.07 Å². The molecule has 0 saturated heterocycles. The fraction of sp³-hybridized carbons (Fsp3) is 0.417. The van der Waals surface area contributed by atoms with Crippen LogP contribution >= 0.6 is 0 Å². The van der Waals surface area contributed by atoms with E-state index < -0.39 is 6.04 Å². The van der Waals surface area contributed by atoms with Gasteiger partial charge >= 0.3 is 0 Å². The van der Waals surface area contributed by atoms with Crippen molar-refractivity contribution in [2.75, 3.05) is 12.2 Å². The molecule has 1 unspecified atom stereocenters. The smallest absolute Gasteiger partial charge is 0.145 e. The molecule has 0 aliphatic heterocycles. The monoisotopic (exact) mass is 220 g/mol. The zero-order valence-electron chi connectivity index (χ0n) is 9.71. The Kier molecular flexibility index (Phi) is 4.15. The van der Waals surface area contributed by atoms with Crippen LogP contribution in [0.5, 0.6) is 5.75 Å². The van der Waals surface area contributed by atoms with Gasteiger partial charge in [-0.3, -0.25) is 5.21 Å². The summed E-state index contributed by atoms with van der Waals surface area (Å²) >= 11 is 0. The number of nitrogens with zero attached hydrogens (tertiary/aromatic N) is 2. The Morgan fingerprint density at radius 2 is 1.88 bits per heavy atom. The minimum Gasteiger partial charge on any atom is -0.497 e. The van der Waals surface area contributed by atoms with E-state index in [0.29, 0.717) is 5.69 Å². The third kappa shape index (κ3) is 2.65. The molecule has 0 amide bonds. The summed E-state index contributed by atoms with van der Waals surface area (Å²) in [6.07, 6.45) is 0. The lowest BCUT2D eigenvalue weighted by atomic mass is 10.1. The van der Waals surface area contributed by atoms with Gasteiger partial charge in [0.25, 0.3) is 0 Å². The van der Waals surface area contributed by atoms with Gasteiger partial charge in [0.1, 0.15) is 11.8 Å². The normalized spacial score (nSPS) is 12.0. The molecule has 4 nitrogen and oxygen atoms in total. The second kappa shape index (κ2) is 5.38. The SMILES string of the molecule is COc1ccc(N(O)C(C#N)C(C)C)cc1. The topological polar surface area (TPSA) is 56.5 Å². The van der Waals surface area contributed by atoms with Crippen molar-refractivity contribution in [2.45, 2.75) is 19.9 Å². The Morgan fingerprint density at radius 1 is 1.31 bits per heavy atom. The van der Waals surface area contributed by atoms with Gasteiger partial charge in [0.05, 0.1) is 18.9 Å². The summed E-state index contributed by atoms with van der Waals surface area (Å²) in [4.78, 5) is 0. The quantitative estimate of drug-likeness (QED) is 0.792. The van der Waals surface area contributed by atoms with E-state index in [4.69, 9.17) is 10.00 Å². The number of nitriles is 1. The molecule has 0 aliphatic rings. The number of hydrogen-bond acceptors (Lipinski definition) is 4. The standard InChI is InChI=1S/C12H16N2O2/c1-9(2)12(8-13)14(15)10-4-6-11(16-3)7-5-10/h4-7,9,12,15H,1-3H3. The second-order valence-corrected chi connectivity index (χ2v) is 3.86. The molecule has 0 aliphatic carbocycles. The largest absolute Gasteiger partial charge is 0.497 e. The first-order valence-electron chi connectivity index (χ1n) is 5.12. The minimum atomic E-state index is -0.548. The van der Waals surface area contributed by atoms with E-state index in [1.165, 1.54) is 0 Å². The highest BCUT2D eigenvalue weighted by atomic mass is 16.5. The van der Waals surface area contributed by atoms with Gasteiger partial charge in [0, 0.05) is 0 Å². The average molecular weight is 220 g/mol. The van der Waals surface area contributed by atoms with Crippen LogP contribution in [0.2, 0.25) is 0 Å². The minimum absolute atomic E-state index is 0.0529. The van der Waals surface area contributed by atoms with Crippen molar-refractivity contribution >= 4 is 5.69 Å². The van der Waals surface area contributed by atoms with Gasteiger partial charge < -0.3 is 4.74 Å². The number of ether oxygens (including phenoxy) is 1. The maximum absolute atomic E-state index is 9.88. The van der Waals surface area contributed by atoms with E-state index in [9.17, 15) is 5.21 Å². The van der Waals surface area contributed by atoms with Crippen molar-refractivity contribution in [3.63, 3.8) is 0 Å². The fourth-order valence-corrected chi connectivity index (χ4v) is 1.38. The van der Waals surface area contributed by atoms with Gasteiger partial charge in [-0.25, -0.2) is 5.06 Å². The molecule has 0 saturated carbocycles. The molecule has 0 spiro atoms. The predicted octanol–water partition coefficient (Wildman–Crippen LogP) is 2.44. The predicted molar refractivity (Wildman–Crippen MR) is 61.5 cm³/mol. The molecule has 1 atom stereocenters. The summed E-state index contributed by atoms with van der Waals surface area (Å²) in [5.41, 5.74) is 0.584. The fourth-order valence-electron chi connectivity index (χ4n) is 1.38. The molecule has 0 fully saturated rings. The van der Waals surface area contributed by atoms with Gasteiger partial charge in [0.15, 0.2) is 0 Å². The summed E-state index contributed by atoms with van der Waals surface area (Å²) in [6.45, 7) is 3.78. The first-order valence-corrected chi connectivity index (χ1v) is 5.12. The molecule has 1 aromatic rings. The summed E-state index contributed by atoms with van der Waals surface area (Å²) in [7, 11) is 1.58. The van der Waals surface area contributed by atoms with Crippen LogP contribution in [0.25, 0.3) is 0 Å². The van der Waals surface area contributed by atoms with Gasteiger partial charge in [-0.15, -0.1) is 0 Å². The lowest BCUT2D eigenvalue weighted by Gasteiger charge is -2.25. The average Bonchev–Trinajstić information content (AvgIpc) is 2.29. The Hall–Kier alpha value is -1.73. The molecule has 16 heavy (non-hydrogen) atoms. The van der Waals surface area contributed by atoms with E-state index >= 15 is 0 Å². The second-order valence-electron chi connectivity index (χ2n) is 3.86. The Bertz CT molecular complexity index is 368. The third-order valence-electron chi connectivity index (χ3n) is 2.36. The van der Waals surface area contributed by atoms with Crippen LogP contribution in [-0.2, 0) is 0 Å². The summed E-state index contributed by atoms with van der Waals surface area (Å²) in [5.74, 6) is 0.771. The third-order valence-corrected chi connectivity index (χ3v) is 2.36. The van der Waals surface area contributed by atoms with Crippen LogP contribution in [0.1, 0.15) is 13.8 Å². The van der Waals surface area contributed by atoms with E-state index in [-0.39, 0.29) is 5.92 Å². The molecule has 0 heterocycles. The lowest BCUT2D eigenvalue weighted by molar-refractivity contribution is 0.214. The molecule has 0 aromatic heterocycles. The zero-order chi connectivity index (χ0) is 12.1. The Morgan fingerprint density at radius 3 is 2.25 bits per heavy atom. The van der Waals surface area contributed by atoms with Crippen molar-refractivity contribution in [2.24, 2.45) is 5.92 Å². The van der Waals surface area contributed by atoms with Crippen molar-refractivity contribution in [3.8, 4) is 11.8 Å². The first kappa shape index (κ1) is 12.3. The highest BCUT2D eigenvalue weighted by molar-refractivity contribution is 5.48. The van der Waals surface area contributed by atoms with Gasteiger partial charge in [-0.2, -0.15) is 5.26 Å². The number of hydrogen-bond donors (Lipinski definition) is 1. The molecule has 0 bridgehead atoms. The van der Waals surface area contributed by atoms with Crippen LogP contribution in [-0.4, -0.2) is 18.4 Å². The van der Waals surface area contributed by atoms with Crippen LogP contribution in [0.4, 0.5) is 5.69 Å². The first-order chi connectivity index (χ1) is 7.60. The Labute approximate surface area is 95.6 Å². The van der Waals surface area contributed by atoms with Crippen molar-refractivity contribution in [1.82, 2.24) is 0 Å². The lowest BCUT2D eigenvalue weighted by Crippen LogP contribution is -2.35.